The minimum absolute atomic E-state index is 0.226. The van der Waals surface area contributed by atoms with Crippen LogP contribution in [0, 0.1) is 6.92 Å². The summed E-state index contributed by atoms with van der Waals surface area (Å²) in [6, 6.07) is 0. The first kappa shape index (κ1) is 12.5. The molecule has 0 saturated heterocycles. The van der Waals surface area contributed by atoms with Crippen LogP contribution in [0.5, 0.6) is 5.75 Å². The lowest BCUT2D eigenvalue weighted by Gasteiger charge is -2.05. The third-order valence-electron chi connectivity index (χ3n) is 1.90. The van der Waals surface area contributed by atoms with E-state index >= 15 is 0 Å². The predicted octanol–water partition coefficient (Wildman–Crippen LogP) is 1.39. The van der Waals surface area contributed by atoms with Crippen molar-refractivity contribution >= 4 is 23.3 Å². The molecule has 0 bridgehead atoms. The zero-order chi connectivity index (χ0) is 12.1. The average Bonchev–Trinajstić information content (AvgIpc) is 2.66. The van der Waals surface area contributed by atoms with Gasteiger partial charge in [-0.1, -0.05) is 0 Å². The maximum atomic E-state index is 11.4. The fraction of sp³-hybridized carbons (Fsp3) is 0.400. The van der Waals surface area contributed by atoms with Gasteiger partial charge in [0.1, 0.15) is 11.3 Å². The third kappa shape index (κ3) is 2.73. The van der Waals surface area contributed by atoms with Crippen molar-refractivity contribution in [1.82, 2.24) is 0 Å². The van der Waals surface area contributed by atoms with E-state index < -0.39 is 11.9 Å². The molecular formula is C10H12O5S. The SMILES string of the molecule is COC(=O)COc1csc(C)c1C(=O)OC. The Morgan fingerprint density at radius 3 is 2.56 bits per heavy atom. The van der Waals surface area contributed by atoms with Crippen LogP contribution >= 0.6 is 11.3 Å². The lowest BCUT2D eigenvalue weighted by Crippen LogP contribution is -2.14. The van der Waals surface area contributed by atoms with Gasteiger partial charge in [-0.25, -0.2) is 9.59 Å². The van der Waals surface area contributed by atoms with Crippen LogP contribution in [0.4, 0.5) is 0 Å². The number of aryl methyl sites for hydroxylation is 1. The number of rotatable bonds is 4. The molecule has 0 aliphatic carbocycles. The van der Waals surface area contributed by atoms with Crippen LogP contribution in [0.15, 0.2) is 5.38 Å². The number of methoxy groups -OCH3 is 2. The number of hydrogen-bond acceptors (Lipinski definition) is 6. The molecule has 0 aromatic carbocycles. The number of carbonyl (C=O) groups excluding carboxylic acids is 2. The van der Waals surface area contributed by atoms with Gasteiger partial charge in [0.2, 0.25) is 0 Å². The molecule has 1 heterocycles. The van der Waals surface area contributed by atoms with Crippen molar-refractivity contribution in [3.8, 4) is 5.75 Å². The molecule has 16 heavy (non-hydrogen) atoms. The van der Waals surface area contributed by atoms with E-state index in [1.807, 2.05) is 0 Å². The van der Waals surface area contributed by atoms with Gasteiger partial charge in [0.05, 0.1) is 14.2 Å². The van der Waals surface area contributed by atoms with Gasteiger partial charge >= 0.3 is 11.9 Å². The number of esters is 2. The van der Waals surface area contributed by atoms with Crippen molar-refractivity contribution in [3.05, 3.63) is 15.8 Å². The Morgan fingerprint density at radius 1 is 1.31 bits per heavy atom. The highest BCUT2D eigenvalue weighted by atomic mass is 32.1. The van der Waals surface area contributed by atoms with Crippen molar-refractivity contribution in [2.45, 2.75) is 6.92 Å². The monoisotopic (exact) mass is 244 g/mol. The van der Waals surface area contributed by atoms with E-state index in [-0.39, 0.29) is 6.61 Å². The Morgan fingerprint density at radius 2 is 2.00 bits per heavy atom. The van der Waals surface area contributed by atoms with E-state index in [1.165, 1.54) is 25.6 Å². The lowest BCUT2D eigenvalue weighted by atomic mass is 10.2. The molecule has 0 atom stereocenters. The molecule has 0 aliphatic rings. The van der Waals surface area contributed by atoms with E-state index in [0.29, 0.717) is 11.3 Å². The number of ether oxygens (including phenoxy) is 3. The molecule has 0 radical (unpaired) electrons. The third-order valence-corrected chi connectivity index (χ3v) is 2.79. The van der Waals surface area contributed by atoms with Crippen molar-refractivity contribution in [2.24, 2.45) is 0 Å². The minimum atomic E-state index is -0.500. The standard InChI is InChI=1S/C10H12O5S/c1-6-9(10(12)14-3)7(5-16-6)15-4-8(11)13-2/h5H,4H2,1-3H3. The molecule has 1 aromatic heterocycles. The molecule has 6 heteroatoms. The highest BCUT2D eigenvalue weighted by molar-refractivity contribution is 7.10. The summed E-state index contributed by atoms with van der Waals surface area (Å²) in [7, 11) is 2.56. The molecule has 0 spiro atoms. The van der Waals surface area contributed by atoms with Crippen LogP contribution in [-0.4, -0.2) is 32.8 Å². The number of thiophene rings is 1. The molecule has 1 rings (SSSR count). The summed E-state index contributed by atoms with van der Waals surface area (Å²) in [4.78, 5) is 23.1. The molecule has 0 saturated carbocycles. The highest BCUT2D eigenvalue weighted by Crippen LogP contribution is 2.29. The van der Waals surface area contributed by atoms with Crippen LogP contribution < -0.4 is 4.74 Å². The smallest absolute Gasteiger partial charge is 0.343 e. The number of hydrogen-bond donors (Lipinski definition) is 0. The molecule has 0 N–H and O–H groups in total. The van der Waals surface area contributed by atoms with Crippen LogP contribution in [0.1, 0.15) is 15.2 Å². The van der Waals surface area contributed by atoms with Gasteiger partial charge < -0.3 is 14.2 Å². The Labute approximate surface area is 96.9 Å². The first-order valence-electron chi connectivity index (χ1n) is 4.46. The van der Waals surface area contributed by atoms with Crippen LogP contribution in [0.2, 0.25) is 0 Å². The largest absolute Gasteiger partial charge is 0.480 e. The fourth-order valence-corrected chi connectivity index (χ4v) is 1.85. The molecule has 0 fully saturated rings. The average molecular weight is 244 g/mol. The van der Waals surface area contributed by atoms with E-state index in [2.05, 4.69) is 9.47 Å². The van der Waals surface area contributed by atoms with Crippen molar-refractivity contribution in [2.75, 3.05) is 20.8 Å². The lowest BCUT2D eigenvalue weighted by molar-refractivity contribution is -0.142. The van der Waals surface area contributed by atoms with Gasteiger partial charge in [-0.2, -0.15) is 0 Å². The topological polar surface area (TPSA) is 61.8 Å². The first-order chi connectivity index (χ1) is 7.60. The van der Waals surface area contributed by atoms with Gasteiger partial charge in [-0.3, -0.25) is 0 Å². The number of carbonyl (C=O) groups is 2. The van der Waals surface area contributed by atoms with E-state index in [1.54, 1.807) is 12.3 Å². The summed E-state index contributed by atoms with van der Waals surface area (Å²) in [5, 5.41) is 1.66. The molecule has 0 unspecified atom stereocenters. The summed E-state index contributed by atoms with van der Waals surface area (Å²) >= 11 is 1.36. The van der Waals surface area contributed by atoms with E-state index in [9.17, 15) is 9.59 Å². The van der Waals surface area contributed by atoms with Gasteiger partial charge in [0, 0.05) is 10.3 Å². The maximum Gasteiger partial charge on any atom is 0.343 e. The Hall–Kier alpha value is -1.56. The normalized spacial score (nSPS) is 9.69. The molecule has 0 aliphatic heterocycles. The minimum Gasteiger partial charge on any atom is -0.480 e. The second-order valence-electron chi connectivity index (χ2n) is 2.89. The van der Waals surface area contributed by atoms with Gasteiger partial charge in [0.25, 0.3) is 0 Å². The molecule has 0 amide bonds. The van der Waals surface area contributed by atoms with Crippen molar-refractivity contribution in [3.63, 3.8) is 0 Å². The molecule has 1 aromatic rings. The second-order valence-corrected chi connectivity index (χ2v) is 3.97. The summed E-state index contributed by atoms with van der Waals surface area (Å²) in [5.74, 6) is -0.627. The summed E-state index contributed by atoms with van der Waals surface area (Å²) in [6.45, 7) is 1.55. The first-order valence-corrected chi connectivity index (χ1v) is 5.34. The quantitative estimate of drug-likeness (QED) is 0.749. The van der Waals surface area contributed by atoms with E-state index in [0.717, 1.165) is 4.88 Å². The van der Waals surface area contributed by atoms with Gasteiger partial charge in [-0.15, -0.1) is 11.3 Å². The summed E-state index contributed by atoms with van der Waals surface area (Å²) < 4.78 is 14.2. The Balaban J connectivity index is 2.80. The van der Waals surface area contributed by atoms with Crippen LogP contribution in [0.25, 0.3) is 0 Å². The zero-order valence-corrected chi connectivity index (χ0v) is 10.1. The Bertz CT molecular complexity index is 396. The van der Waals surface area contributed by atoms with Gasteiger partial charge in [0.15, 0.2) is 6.61 Å². The van der Waals surface area contributed by atoms with Crippen LogP contribution in [-0.2, 0) is 14.3 Å². The maximum absolute atomic E-state index is 11.4. The zero-order valence-electron chi connectivity index (χ0n) is 9.23. The molecule has 5 nitrogen and oxygen atoms in total. The van der Waals surface area contributed by atoms with Crippen molar-refractivity contribution in [1.29, 1.82) is 0 Å². The van der Waals surface area contributed by atoms with Gasteiger partial charge in [-0.05, 0) is 6.92 Å². The fourth-order valence-electron chi connectivity index (χ4n) is 1.08. The van der Waals surface area contributed by atoms with Crippen LogP contribution in [0.3, 0.4) is 0 Å². The Kier molecular flexibility index (Phi) is 4.30. The summed E-state index contributed by atoms with van der Waals surface area (Å²) in [6.07, 6.45) is 0. The van der Waals surface area contributed by atoms with Crippen molar-refractivity contribution < 1.29 is 23.8 Å². The predicted molar refractivity (Wildman–Crippen MR) is 57.9 cm³/mol. The van der Waals surface area contributed by atoms with E-state index in [4.69, 9.17) is 4.74 Å². The summed E-state index contributed by atoms with van der Waals surface area (Å²) in [5.41, 5.74) is 0.358. The molecular weight excluding hydrogens is 232 g/mol. The highest BCUT2D eigenvalue weighted by Gasteiger charge is 2.19. The molecule has 88 valence electrons. The second kappa shape index (κ2) is 5.50.